The van der Waals surface area contributed by atoms with Gasteiger partial charge >= 0.3 is 0 Å². The van der Waals surface area contributed by atoms with Crippen LogP contribution in [0.3, 0.4) is 0 Å². The van der Waals surface area contributed by atoms with Gasteiger partial charge in [-0.05, 0) is 33.6 Å². The van der Waals surface area contributed by atoms with Gasteiger partial charge in [0.1, 0.15) is 0 Å². The van der Waals surface area contributed by atoms with E-state index in [0.29, 0.717) is 5.92 Å². The third-order valence-electron chi connectivity index (χ3n) is 3.18. The van der Waals surface area contributed by atoms with Crippen LogP contribution in [0.15, 0.2) is 4.42 Å². The molecule has 1 aromatic heterocycles. The number of hydrogen-bond acceptors (Lipinski definition) is 4. The fourth-order valence-corrected chi connectivity index (χ4v) is 2.25. The zero-order valence-corrected chi connectivity index (χ0v) is 11.1. The molecule has 0 radical (unpaired) electrons. The summed E-state index contributed by atoms with van der Waals surface area (Å²) in [5.74, 6) is 2.14. The highest BCUT2D eigenvalue weighted by Crippen LogP contribution is 2.33. The Morgan fingerprint density at radius 1 is 1.24 bits per heavy atom. The molecule has 0 atom stereocenters. The third kappa shape index (κ3) is 3.80. The molecular weight excluding hydrogens is 214 g/mol. The minimum absolute atomic E-state index is 0.147. The Kier molecular flexibility index (Phi) is 3.82. The summed E-state index contributed by atoms with van der Waals surface area (Å²) < 4.78 is 5.72. The molecule has 0 spiro atoms. The fourth-order valence-electron chi connectivity index (χ4n) is 2.25. The van der Waals surface area contributed by atoms with Crippen molar-refractivity contribution in [1.82, 2.24) is 15.5 Å². The predicted molar refractivity (Wildman–Crippen MR) is 67.0 cm³/mol. The van der Waals surface area contributed by atoms with E-state index < -0.39 is 0 Å². The van der Waals surface area contributed by atoms with Gasteiger partial charge in [-0.1, -0.05) is 12.8 Å². The van der Waals surface area contributed by atoms with Gasteiger partial charge in [-0.2, -0.15) is 0 Å². The minimum Gasteiger partial charge on any atom is -0.425 e. The predicted octanol–water partition coefficient (Wildman–Crippen LogP) is 2.66. The first kappa shape index (κ1) is 12.6. The van der Waals surface area contributed by atoms with Crippen LogP contribution in [0.25, 0.3) is 0 Å². The van der Waals surface area contributed by atoms with Crippen LogP contribution < -0.4 is 5.32 Å². The van der Waals surface area contributed by atoms with Crippen molar-refractivity contribution in [2.75, 3.05) is 6.54 Å². The SMILES string of the molecule is CC(C)(C)NCCc1nnc(C2CCCC2)o1. The first-order chi connectivity index (χ1) is 8.04. The molecule has 1 aliphatic carbocycles. The molecule has 4 nitrogen and oxygen atoms in total. The number of aromatic nitrogens is 2. The van der Waals surface area contributed by atoms with Crippen molar-refractivity contribution in [3.63, 3.8) is 0 Å². The molecule has 17 heavy (non-hydrogen) atoms. The molecule has 2 rings (SSSR count). The second kappa shape index (κ2) is 5.17. The summed E-state index contributed by atoms with van der Waals surface area (Å²) >= 11 is 0. The molecule has 0 bridgehead atoms. The van der Waals surface area contributed by atoms with Gasteiger partial charge in [0.15, 0.2) is 0 Å². The summed E-state index contributed by atoms with van der Waals surface area (Å²) in [6, 6.07) is 0. The molecule has 0 unspecified atom stereocenters. The van der Waals surface area contributed by atoms with Gasteiger partial charge < -0.3 is 9.73 Å². The molecule has 0 aromatic carbocycles. The molecule has 1 aromatic rings. The molecule has 96 valence electrons. The van der Waals surface area contributed by atoms with E-state index in [4.69, 9.17) is 4.42 Å². The average molecular weight is 237 g/mol. The molecule has 1 saturated carbocycles. The monoisotopic (exact) mass is 237 g/mol. The quantitative estimate of drug-likeness (QED) is 0.874. The summed E-state index contributed by atoms with van der Waals surface area (Å²) in [5.41, 5.74) is 0.147. The lowest BCUT2D eigenvalue weighted by molar-refractivity contribution is 0.389. The molecule has 1 N–H and O–H groups in total. The highest BCUT2D eigenvalue weighted by molar-refractivity contribution is 4.94. The summed E-state index contributed by atoms with van der Waals surface area (Å²) in [6.07, 6.45) is 5.84. The Hall–Kier alpha value is -0.900. The number of hydrogen-bond donors (Lipinski definition) is 1. The van der Waals surface area contributed by atoms with Crippen LogP contribution in [0.1, 0.15) is 64.2 Å². The van der Waals surface area contributed by atoms with Crippen LogP contribution in [-0.4, -0.2) is 22.3 Å². The molecule has 0 amide bonds. The third-order valence-corrected chi connectivity index (χ3v) is 3.18. The molecule has 1 fully saturated rings. The maximum absolute atomic E-state index is 5.72. The van der Waals surface area contributed by atoms with E-state index in [1.807, 2.05) is 0 Å². The average Bonchev–Trinajstić information content (AvgIpc) is 2.83. The van der Waals surface area contributed by atoms with E-state index in [0.717, 1.165) is 24.7 Å². The van der Waals surface area contributed by atoms with Crippen molar-refractivity contribution in [2.24, 2.45) is 0 Å². The Morgan fingerprint density at radius 3 is 2.59 bits per heavy atom. The van der Waals surface area contributed by atoms with Crippen LogP contribution in [0.5, 0.6) is 0 Å². The number of nitrogens with zero attached hydrogens (tertiary/aromatic N) is 2. The van der Waals surface area contributed by atoms with Crippen molar-refractivity contribution in [3.05, 3.63) is 11.8 Å². The van der Waals surface area contributed by atoms with Gasteiger partial charge in [-0.15, -0.1) is 10.2 Å². The second-order valence-electron chi connectivity index (χ2n) is 5.94. The highest BCUT2D eigenvalue weighted by atomic mass is 16.4. The Bertz CT molecular complexity index is 348. The van der Waals surface area contributed by atoms with Gasteiger partial charge in [0.2, 0.25) is 11.8 Å². The lowest BCUT2D eigenvalue weighted by atomic mass is 10.1. The highest BCUT2D eigenvalue weighted by Gasteiger charge is 2.22. The number of rotatable bonds is 4. The van der Waals surface area contributed by atoms with E-state index in [2.05, 4.69) is 36.3 Å². The van der Waals surface area contributed by atoms with Crippen LogP contribution in [0.4, 0.5) is 0 Å². The largest absolute Gasteiger partial charge is 0.425 e. The van der Waals surface area contributed by atoms with Crippen LogP contribution in [-0.2, 0) is 6.42 Å². The molecule has 1 aliphatic rings. The number of nitrogens with one attached hydrogen (secondary N) is 1. The van der Waals surface area contributed by atoms with Gasteiger partial charge in [-0.3, -0.25) is 0 Å². The van der Waals surface area contributed by atoms with Crippen LogP contribution in [0.2, 0.25) is 0 Å². The van der Waals surface area contributed by atoms with Crippen LogP contribution >= 0.6 is 0 Å². The molecule has 0 saturated heterocycles. The van der Waals surface area contributed by atoms with Crippen molar-refractivity contribution in [1.29, 1.82) is 0 Å². The summed E-state index contributed by atoms with van der Waals surface area (Å²) in [6.45, 7) is 7.36. The van der Waals surface area contributed by atoms with Gasteiger partial charge in [0.25, 0.3) is 0 Å². The van der Waals surface area contributed by atoms with Crippen molar-refractivity contribution >= 4 is 0 Å². The van der Waals surface area contributed by atoms with Gasteiger partial charge in [0.05, 0.1) is 0 Å². The zero-order valence-electron chi connectivity index (χ0n) is 11.1. The lowest BCUT2D eigenvalue weighted by Gasteiger charge is -2.19. The first-order valence-corrected chi connectivity index (χ1v) is 6.62. The smallest absolute Gasteiger partial charge is 0.219 e. The maximum atomic E-state index is 5.72. The first-order valence-electron chi connectivity index (χ1n) is 6.62. The molecule has 4 heteroatoms. The Labute approximate surface area is 103 Å². The van der Waals surface area contributed by atoms with Crippen LogP contribution in [0, 0.1) is 0 Å². The Balaban J connectivity index is 1.81. The van der Waals surface area contributed by atoms with Crippen molar-refractivity contribution in [3.8, 4) is 0 Å². The lowest BCUT2D eigenvalue weighted by Crippen LogP contribution is -2.37. The van der Waals surface area contributed by atoms with E-state index in [-0.39, 0.29) is 5.54 Å². The fraction of sp³-hybridized carbons (Fsp3) is 0.846. The Morgan fingerprint density at radius 2 is 1.94 bits per heavy atom. The maximum Gasteiger partial charge on any atom is 0.219 e. The van der Waals surface area contributed by atoms with Crippen molar-refractivity contribution in [2.45, 2.75) is 64.3 Å². The van der Waals surface area contributed by atoms with Gasteiger partial charge in [-0.25, -0.2) is 0 Å². The normalized spacial score (nSPS) is 17.8. The molecule has 1 heterocycles. The minimum atomic E-state index is 0.147. The molecule has 0 aliphatic heterocycles. The second-order valence-corrected chi connectivity index (χ2v) is 5.94. The van der Waals surface area contributed by atoms with E-state index >= 15 is 0 Å². The molecular formula is C13H23N3O. The standard InChI is InChI=1S/C13H23N3O/c1-13(2,3)14-9-8-11-15-16-12(17-11)10-6-4-5-7-10/h10,14H,4-9H2,1-3H3. The van der Waals surface area contributed by atoms with E-state index in [1.165, 1.54) is 25.7 Å². The summed E-state index contributed by atoms with van der Waals surface area (Å²) in [5, 5.41) is 11.7. The topological polar surface area (TPSA) is 51.0 Å². The summed E-state index contributed by atoms with van der Waals surface area (Å²) in [4.78, 5) is 0. The summed E-state index contributed by atoms with van der Waals surface area (Å²) in [7, 11) is 0. The van der Waals surface area contributed by atoms with E-state index in [1.54, 1.807) is 0 Å². The zero-order chi connectivity index (χ0) is 12.3. The van der Waals surface area contributed by atoms with Gasteiger partial charge in [0, 0.05) is 24.4 Å². The van der Waals surface area contributed by atoms with E-state index in [9.17, 15) is 0 Å². The van der Waals surface area contributed by atoms with Crippen molar-refractivity contribution < 1.29 is 4.42 Å².